The molecule has 1 rings (SSSR count). The largest absolute Gasteiger partial charge is 0.381 e. The number of aryl methyl sites for hydroxylation is 1. The van der Waals surface area contributed by atoms with Gasteiger partial charge in [0.1, 0.15) is 0 Å². The average Bonchev–Trinajstić information content (AvgIpc) is 2.28. The maximum absolute atomic E-state index is 5.55. The number of nitrogens with one attached hydrogen (secondary N) is 1. The zero-order chi connectivity index (χ0) is 11.1. The van der Waals surface area contributed by atoms with E-state index in [1.54, 1.807) is 0 Å². The van der Waals surface area contributed by atoms with Crippen LogP contribution in [0.25, 0.3) is 0 Å². The Labute approximate surface area is 92.9 Å². The fourth-order valence-corrected chi connectivity index (χ4v) is 1.49. The summed E-state index contributed by atoms with van der Waals surface area (Å²) in [5, 5.41) is 3.35. The summed E-state index contributed by atoms with van der Waals surface area (Å²) in [5.74, 6) is 0. The second kappa shape index (κ2) is 6.46. The molecule has 0 saturated carbocycles. The van der Waals surface area contributed by atoms with E-state index in [0.29, 0.717) is 12.6 Å². The monoisotopic (exact) mass is 206 g/mol. The summed E-state index contributed by atoms with van der Waals surface area (Å²) in [5.41, 5.74) is 8.13. The Hall–Kier alpha value is -1.02. The van der Waals surface area contributed by atoms with Crippen LogP contribution in [0.1, 0.15) is 32.3 Å². The Morgan fingerprint density at radius 3 is 2.47 bits per heavy atom. The van der Waals surface area contributed by atoms with E-state index in [1.807, 2.05) is 0 Å². The number of nitrogens with two attached hydrogens (primary N) is 1. The number of hydrogen-bond acceptors (Lipinski definition) is 2. The van der Waals surface area contributed by atoms with E-state index in [4.69, 9.17) is 5.73 Å². The SMILES string of the molecule is CCCCc1ccc(NC(C)CN)cc1. The van der Waals surface area contributed by atoms with Crippen molar-refractivity contribution in [1.29, 1.82) is 0 Å². The molecule has 0 radical (unpaired) electrons. The molecule has 0 amide bonds. The Balaban J connectivity index is 2.48. The second-order valence-electron chi connectivity index (χ2n) is 4.08. The van der Waals surface area contributed by atoms with E-state index >= 15 is 0 Å². The van der Waals surface area contributed by atoms with Crippen LogP contribution in [0, 0.1) is 0 Å². The van der Waals surface area contributed by atoms with Gasteiger partial charge in [0.05, 0.1) is 0 Å². The van der Waals surface area contributed by atoms with Crippen molar-refractivity contribution in [3.8, 4) is 0 Å². The van der Waals surface area contributed by atoms with Gasteiger partial charge in [0.15, 0.2) is 0 Å². The van der Waals surface area contributed by atoms with Crippen LogP contribution in [0.4, 0.5) is 5.69 Å². The summed E-state index contributed by atoms with van der Waals surface area (Å²) in [6.45, 7) is 4.97. The third kappa shape index (κ3) is 4.34. The van der Waals surface area contributed by atoms with E-state index in [9.17, 15) is 0 Å². The van der Waals surface area contributed by atoms with E-state index in [1.165, 1.54) is 24.8 Å². The first kappa shape index (κ1) is 12.1. The van der Waals surface area contributed by atoms with Crippen molar-refractivity contribution in [2.45, 2.75) is 39.2 Å². The van der Waals surface area contributed by atoms with Gasteiger partial charge in [-0.2, -0.15) is 0 Å². The topological polar surface area (TPSA) is 38.0 Å². The number of unbranched alkanes of at least 4 members (excludes halogenated alkanes) is 1. The number of anilines is 1. The van der Waals surface area contributed by atoms with Gasteiger partial charge < -0.3 is 11.1 Å². The van der Waals surface area contributed by atoms with Crippen molar-refractivity contribution >= 4 is 5.69 Å². The lowest BCUT2D eigenvalue weighted by Crippen LogP contribution is -2.25. The average molecular weight is 206 g/mol. The molecule has 0 saturated heterocycles. The van der Waals surface area contributed by atoms with Gasteiger partial charge in [0.2, 0.25) is 0 Å². The van der Waals surface area contributed by atoms with Crippen molar-refractivity contribution in [3.63, 3.8) is 0 Å². The Kier molecular flexibility index (Phi) is 5.19. The van der Waals surface area contributed by atoms with Gasteiger partial charge in [-0.25, -0.2) is 0 Å². The van der Waals surface area contributed by atoms with Crippen LogP contribution in [-0.4, -0.2) is 12.6 Å². The first-order valence-corrected chi connectivity index (χ1v) is 5.81. The van der Waals surface area contributed by atoms with Crippen molar-refractivity contribution in [1.82, 2.24) is 0 Å². The van der Waals surface area contributed by atoms with E-state index < -0.39 is 0 Å². The minimum atomic E-state index is 0.339. The Morgan fingerprint density at radius 1 is 1.27 bits per heavy atom. The lowest BCUT2D eigenvalue weighted by atomic mass is 10.1. The highest BCUT2D eigenvalue weighted by Gasteiger charge is 1.98. The van der Waals surface area contributed by atoms with Crippen LogP contribution in [0.2, 0.25) is 0 Å². The maximum atomic E-state index is 5.55. The van der Waals surface area contributed by atoms with Crippen LogP contribution in [0.5, 0.6) is 0 Å². The predicted octanol–water partition coefficient (Wildman–Crippen LogP) is 2.79. The molecule has 1 atom stereocenters. The lowest BCUT2D eigenvalue weighted by Gasteiger charge is -2.13. The molecule has 0 aliphatic rings. The zero-order valence-electron chi connectivity index (χ0n) is 9.79. The molecule has 2 nitrogen and oxygen atoms in total. The minimum Gasteiger partial charge on any atom is -0.381 e. The molecule has 0 fully saturated rings. The van der Waals surface area contributed by atoms with Crippen LogP contribution in [-0.2, 0) is 6.42 Å². The molecule has 84 valence electrons. The highest BCUT2D eigenvalue weighted by atomic mass is 14.9. The second-order valence-corrected chi connectivity index (χ2v) is 4.08. The van der Waals surface area contributed by atoms with Crippen molar-refractivity contribution in [2.75, 3.05) is 11.9 Å². The van der Waals surface area contributed by atoms with Gasteiger partial charge in [0, 0.05) is 18.3 Å². The Morgan fingerprint density at radius 2 is 1.93 bits per heavy atom. The van der Waals surface area contributed by atoms with Crippen molar-refractivity contribution < 1.29 is 0 Å². The summed E-state index contributed by atoms with van der Waals surface area (Å²) < 4.78 is 0. The van der Waals surface area contributed by atoms with Crippen LogP contribution in [0.3, 0.4) is 0 Å². The highest BCUT2D eigenvalue weighted by Crippen LogP contribution is 2.12. The van der Waals surface area contributed by atoms with E-state index in [2.05, 4.69) is 43.4 Å². The van der Waals surface area contributed by atoms with Gasteiger partial charge in [-0.05, 0) is 37.5 Å². The summed E-state index contributed by atoms with van der Waals surface area (Å²) in [7, 11) is 0. The van der Waals surface area contributed by atoms with Gasteiger partial charge in [0.25, 0.3) is 0 Å². The van der Waals surface area contributed by atoms with Crippen molar-refractivity contribution in [2.24, 2.45) is 5.73 Å². The molecule has 0 spiro atoms. The normalized spacial score (nSPS) is 12.5. The minimum absolute atomic E-state index is 0.339. The molecule has 1 aromatic carbocycles. The molecule has 15 heavy (non-hydrogen) atoms. The third-order valence-corrected chi connectivity index (χ3v) is 2.54. The van der Waals surface area contributed by atoms with Crippen molar-refractivity contribution in [3.05, 3.63) is 29.8 Å². The smallest absolute Gasteiger partial charge is 0.0355 e. The van der Waals surface area contributed by atoms with Gasteiger partial charge in [-0.3, -0.25) is 0 Å². The number of rotatable bonds is 6. The molecule has 0 heterocycles. The number of hydrogen-bond donors (Lipinski definition) is 2. The first-order valence-electron chi connectivity index (χ1n) is 5.81. The standard InChI is InChI=1S/C13H22N2/c1-3-4-5-12-6-8-13(9-7-12)15-11(2)10-14/h6-9,11,15H,3-5,10,14H2,1-2H3. The predicted molar refractivity (Wildman–Crippen MR) is 67.2 cm³/mol. The van der Waals surface area contributed by atoms with Crippen LogP contribution < -0.4 is 11.1 Å². The zero-order valence-corrected chi connectivity index (χ0v) is 9.79. The quantitative estimate of drug-likeness (QED) is 0.751. The molecule has 0 aliphatic heterocycles. The summed E-state index contributed by atoms with van der Waals surface area (Å²) in [6.07, 6.45) is 3.71. The molecule has 1 aromatic rings. The molecule has 0 bridgehead atoms. The van der Waals surface area contributed by atoms with Gasteiger partial charge in [-0.15, -0.1) is 0 Å². The summed E-state index contributed by atoms with van der Waals surface area (Å²) in [4.78, 5) is 0. The van der Waals surface area contributed by atoms with Gasteiger partial charge >= 0.3 is 0 Å². The summed E-state index contributed by atoms with van der Waals surface area (Å²) >= 11 is 0. The molecular weight excluding hydrogens is 184 g/mol. The van der Waals surface area contributed by atoms with E-state index in [0.717, 1.165) is 5.69 Å². The molecule has 0 aliphatic carbocycles. The molecule has 1 unspecified atom stereocenters. The van der Waals surface area contributed by atoms with Crippen LogP contribution >= 0.6 is 0 Å². The first-order chi connectivity index (χ1) is 7.26. The van der Waals surface area contributed by atoms with Crippen LogP contribution in [0.15, 0.2) is 24.3 Å². The highest BCUT2D eigenvalue weighted by molar-refractivity contribution is 5.45. The van der Waals surface area contributed by atoms with E-state index in [-0.39, 0.29) is 0 Å². The Bertz CT molecular complexity index is 266. The number of benzene rings is 1. The maximum Gasteiger partial charge on any atom is 0.0355 e. The molecule has 0 aromatic heterocycles. The molecular formula is C13H22N2. The third-order valence-electron chi connectivity index (χ3n) is 2.54. The fraction of sp³-hybridized carbons (Fsp3) is 0.538. The lowest BCUT2D eigenvalue weighted by molar-refractivity contribution is 0.793. The molecule has 2 heteroatoms. The summed E-state index contributed by atoms with van der Waals surface area (Å²) in [6, 6.07) is 9.00. The molecule has 3 N–H and O–H groups in total. The van der Waals surface area contributed by atoms with Gasteiger partial charge in [-0.1, -0.05) is 25.5 Å². The fourth-order valence-electron chi connectivity index (χ4n) is 1.49.